The predicted octanol–water partition coefficient (Wildman–Crippen LogP) is 4.27. The average molecular weight is 445 g/mol. The van der Waals surface area contributed by atoms with E-state index in [1.807, 2.05) is 54.1 Å². The standard InChI is InChI=1S/C26H24N2O3S/c1-26(2,29)22-8-6-5-7-21(22)19-12-15-24-23(17-19)27-25(28(24)3)16-11-18-9-13-20(14-10-18)32(4,30)31/h5-10,12-15,17,29H,1-4H3. The summed E-state index contributed by atoms with van der Waals surface area (Å²) in [7, 11) is -1.32. The molecule has 4 rings (SSSR count). The lowest BCUT2D eigenvalue weighted by atomic mass is 9.89. The van der Waals surface area contributed by atoms with Crippen molar-refractivity contribution in [1.82, 2.24) is 9.55 Å². The van der Waals surface area contributed by atoms with E-state index in [2.05, 4.69) is 11.8 Å². The van der Waals surface area contributed by atoms with Crippen LogP contribution in [-0.4, -0.2) is 29.3 Å². The lowest BCUT2D eigenvalue weighted by molar-refractivity contribution is 0.0792. The van der Waals surface area contributed by atoms with Gasteiger partial charge in [0, 0.05) is 18.9 Å². The lowest BCUT2D eigenvalue weighted by Crippen LogP contribution is -2.16. The lowest BCUT2D eigenvalue weighted by Gasteiger charge is -2.21. The maximum atomic E-state index is 11.6. The van der Waals surface area contributed by atoms with Gasteiger partial charge in [-0.25, -0.2) is 13.4 Å². The number of aliphatic hydroxyl groups is 1. The number of rotatable bonds is 3. The fraction of sp³-hybridized carbons (Fsp3) is 0.192. The van der Waals surface area contributed by atoms with Crippen molar-refractivity contribution in [2.75, 3.05) is 6.26 Å². The molecule has 0 aliphatic rings. The van der Waals surface area contributed by atoms with Crippen LogP contribution in [0.4, 0.5) is 0 Å². The highest BCUT2D eigenvalue weighted by Gasteiger charge is 2.20. The zero-order valence-corrected chi connectivity index (χ0v) is 19.2. The molecule has 0 amide bonds. The summed E-state index contributed by atoms with van der Waals surface area (Å²) < 4.78 is 25.1. The van der Waals surface area contributed by atoms with Crippen molar-refractivity contribution in [3.8, 4) is 23.0 Å². The van der Waals surface area contributed by atoms with Gasteiger partial charge in [0.1, 0.15) is 0 Å². The third-order valence-electron chi connectivity index (χ3n) is 5.38. The van der Waals surface area contributed by atoms with Gasteiger partial charge < -0.3 is 9.67 Å². The van der Waals surface area contributed by atoms with Crippen LogP contribution in [0.5, 0.6) is 0 Å². The van der Waals surface area contributed by atoms with Crippen LogP contribution in [-0.2, 0) is 22.5 Å². The summed E-state index contributed by atoms with van der Waals surface area (Å²) in [5, 5.41) is 10.6. The molecule has 0 saturated heterocycles. The molecule has 0 spiro atoms. The van der Waals surface area contributed by atoms with Crippen LogP contribution >= 0.6 is 0 Å². The Balaban J connectivity index is 1.72. The van der Waals surface area contributed by atoms with Gasteiger partial charge in [-0.05, 0) is 72.9 Å². The molecule has 0 radical (unpaired) electrons. The van der Waals surface area contributed by atoms with Crippen LogP contribution < -0.4 is 0 Å². The number of aromatic nitrogens is 2. The molecule has 5 nitrogen and oxygen atoms in total. The number of hydrogen-bond acceptors (Lipinski definition) is 4. The minimum Gasteiger partial charge on any atom is -0.386 e. The first-order valence-corrected chi connectivity index (χ1v) is 12.0. The van der Waals surface area contributed by atoms with Crippen LogP contribution in [0.25, 0.3) is 22.2 Å². The summed E-state index contributed by atoms with van der Waals surface area (Å²) in [6, 6.07) is 20.3. The molecule has 0 atom stereocenters. The fourth-order valence-electron chi connectivity index (χ4n) is 3.66. The van der Waals surface area contributed by atoms with Gasteiger partial charge in [-0.15, -0.1) is 0 Å². The Morgan fingerprint density at radius 2 is 1.66 bits per heavy atom. The third-order valence-corrected chi connectivity index (χ3v) is 6.51. The highest BCUT2D eigenvalue weighted by molar-refractivity contribution is 7.90. The number of imidazole rings is 1. The van der Waals surface area contributed by atoms with Crippen molar-refractivity contribution in [3.05, 3.63) is 83.7 Å². The quantitative estimate of drug-likeness (QED) is 0.479. The third kappa shape index (κ3) is 4.31. The Kier molecular flexibility index (Phi) is 5.41. The molecule has 0 unspecified atom stereocenters. The van der Waals surface area contributed by atoms with Crippen molar-refractivity contribution in [2.45, 2.75) is 24.3 Å². The fourth-order valence-corrected chi connectivity index (χ4v) is 4.29. The Labute approximate surface area is 188 Å². The molecule has 0 aliphatic heterocycles. The molecule has 1 N–H and O–H groups in total. The normalized spacial score (nSPS) is 11.9. The molecule has 0 bridgehead atoms. The van der Waals surface area contributed by atoms with E-state index in [-0.39, 0.29) is 4.90 Å². The Bertz CT molecular complexity index is 1480. The van der Waals surface area contributed by atoms with Crippen molar-refractivity contribution < 1.29 is 13.5 Å². The van der Waals surface area contributed by atoms with Gasteiger partial charge in [0.2, 0.25) is 0 Å². The minimum absolute atomic E-state index is 0.268. The second-order valence-corrected chi connectivity index (χ2v) is 10.4. The Hall–Kier alpha value is -3.40. The summed E-state index contributed by atoms with van der Waals surface area (Å²) in [5.41, 5.74) is 4.31. The largest absolute Gasteiger partial charge is 0.386 e. The highest BCUT2D eigenvalue weighted by atomic mass is 32.2. The first-order valence-electron chi connectivity index (χ1n) is 10.1. The molecule has 1 aromatic heterocycles. The van der Waals surface area contributed by atoms with Gasteiger partial charge in [0.15, 0.2) is 15.7 Å². The molecule has 4 aromatic rings. The number of sulfone groups is 1. The van der Waals surface area contributed by atoms with E-state index < -0.39 is 15.4 Å². The molecule has 32 heavy (non-hydrogen) atoms. The highest BCUT2D eigenvalue weighted by Crippen LogP contribution is 2.33. The van der Waals surface area contributed by atoms with E-state index >= 15 is 0 Å². The first-order chi connectivity index (χ1) is 15.0. The summed E-state index contributed by atoms with van der Waals surface area (Å²) in [6.45, 7) is 3.56. The molecule has 1 heterocycles. The summed E-state index contributed by atoms with van der Waals surface area (Å²) >= 11 is 0. The van der Waals surface area contributed by atoms with Crippen molar-refractivity contribution in [2.24, 2.45) is 7.05 Å². The molecule has 6 heteroatoms. The van der Waals surface area contributed by atoms with Crippen molar-refractivity contribution in [3.63, 3.8) is 0 Å². The second-order valence-electron chi connectivity index (χ2n) is 8.35. The zero-order valence-electron chi connectivity index (χ0n) is 18.4. The Morgan fingerprint density at radius 1 is 0.969 bits per heavy atom. The maximum absolute atomic E-state index is 11.6. The monoisotopic (exact) mass is 444 g/mol. The predicted molar refractivity (Wildman–Crippen MR) is 127 cm³/mol. The van der Waals surface area contributed by atoms with E-state index in [0.717, 1.165) is 27.7 Å². The SMILES string of the molecule is Cn1c(C#Cc2ccc(S(C)(=O)=O)cc2)nc2cc(-c3ccccc3C(C)(C)O)ccc21. The van der Waals surface area contributed by atoms with Gasteiger partial charge in [-0.1, -0.05) is 36.3 Å². The van der Waals surface area contributed by atoms with Gasteiger partial charge >= 0.3 is 0 Å². The number of fused-ring (bicyclic) bond motifs is 1. The van der Waals surface area contributed by atoms with Crippen LogP contribution in [0.2, 0.25) is 0 Å². The van der Waals surface area contributed by atoms with Gasteiger partial charge in [-0.3, -0.25) is 0 Å². The Morgan fingerprint density at radius 3 is 2.31 bits per heavy atom. The molecular formula is C26H24N2O3S. The molecule has 3 aromatic carbocycles. The average Bonchev–Trinajstić information content (AvgIpc) is 3.06. The maximum Gasteiger partial charge on any atom is 0.186 e. The van der Waals surface area contributed by atoms with E-state index in [9.17, 15) is 13.5 Å². The number of aryl methyl sites for hydroxylation is 1. The summed E-state index contributed by atoms with van der Waals surface area (Å²) in [5.74, 6) is 6.75. The topological polar surface area (TPSA) is 72.2 Å². The zero-order chi connectivity index (χ0) is 23.1. The van der Waals surface area contributed by atoms with E-state index in [1.54, 1.807) is 38.1 Å². The molecule has 0 saturated carbocycles. The second kappa shape index (κ2) is 7.94. The van der Waals surface area contributed by atoms with Crippen LogP contribution in [0.1, 0.15) is 30.8 Å². The molecule has 0 aliphatic carbocycles. The van der Waals surface area contributed by atoms with Crippen LogP contribution in [0.3, 0.4) is 0 Å². The van der Waals surface area contributed by atoms with Crippen LogP contribution in [0.15, 0.2) is 71.6 Å². The number of hydrogen-bond donors (Lipinski definition) is 1. The van der Waals surface area contributed by atoms with Gasteiger partial charge in [-0.2, -0.15) is 0 Å². The summed E-state index contributed by atoms with van der Waals surface area (Å²) in [4.78, 5) is 4.96. The minimum atomic E-state index is -3.23. The van der Waals surface area contributed by atoms with Gasteiger partial charge in [0.25, 0.3) is 0 Å². The molecule has 162 valence electrons. The number of nitrogens with zero attached hydrogens (tertiary/aromatic N) is 2. The molecule has 0 fully saturated rings. The first kappa shape index (κ1) is 21.8. The summed E-state index contributed by atoms with van der Waals surface area (Å²) in [6.07, 6.45) is 1.18. The van der Waals surface area contributed by atoms with Crippen molar-refractivity contribution >= 4 is 20.9 Å². The van der Waals surface area contributed by atoms with Gasteiger partial charge in [0.05, 0.1) is 21.5 Å². The van der Waals surface area contributed by atoms with E-state index in [4.69, 9.17) is 4.98 Å². The van der Waals surface area contributed by atoms with Crippen molar-refractivity contribution in [1.29, 1.82) is 0 Å². The van der Waals surface area contributed by atoms with E-state index in [1.165, 1.54) is 6.26 Å². The number of benzene rings is 3. The smallest absolute Gasteiger partial charge is 0.186 e. The molecular weight excluding hydrogens is 420 g/mol. The van der Waals surface area contributed by atoms with E-state index in [0.29, 0.717) is 11.4 Å². The van der Waals surface area contributed by atoms with Crippen LogP contribution in [0, 0.1) is 11.8 Å².